The van der Waals surface area contributed by atoms with Gasteiger partial charge in [0.1, 0.15) is 0 Å². The van der Waals surface area contributed by atoms with Crippen LogP contribution in [0.15, 0.2) is 0 Å². The molecule has 0 aliphatic heterocycles. The smallest absolute Gasteiger partial charge is 0.293 e. The summed E-state index contributed by atoms with van der Waals surface area (Å²) in [6.07, 6.45) is -5.70. The van der Waals surface area contributed by atoms with Gasteiger partial charge in [-0.1, -0.05) is 7.43 Å². The Labute approximate surface area is 39.1 Å². The predicted molar refractivity (Wildman–Crippen MR) is 18.8 cm³/mol. The van der Waals surface area contributed by atoms with E-state index >= 15 is 0 Å². The van der Waals surface area contributed by atoms with Gasteiger partial charge in [-0.05, 0) is 0 Å². The lowest BCUT2D eigenvalue weighted by Gasteiger charge is -1.87. The number of halogens is 3. The topological polar surface area (TPSA) is 17.1 Å². The van der Waals surface area contributed by atoms with E-state index in [2.05, 4.69) is 0 Å². The van der Waals surface area contributed by atoms with Crippen LogP contribution in [0.3, 0.4) is 0 Å². The van der Waals surface area contributed by atoms with E-state index in [9.17, 15) is 13.2 Å². The lowest BCUT2D eigenvalue weighted by Crippen LogP contribution is -2.07. The maximum Gasteiger partial charge on any atom is 0.446 e. The molecule has 0 bridgehead atoms. The molecular weight excluding hydrogens is 109 g/mol. The molecule has 0 unspecified atom stereocenters. The predicted octanol–water partition coefficient (Wildman–Crippen LogP) is 1.38. The third-order valence-electron chi connectivity index (χ3n) is 0.134. The van der Waals surface area contributed by atoms with Gasteiger partial charge >= 0.3 is 6.18 Å². The summed E-state index contributed by atoms with van der Waals surface area (Å²) in [5.74, 6) is 0. The molecule has 0 aliphatic carbocycles. The minimum Gasteiger partial charge on any atom is -0.293 e. The third-order valence-corrected chi connectivity index (χ3v) is 0.134. The van der Waals surface area contributed by atoms with Crippen LogP contribution in [-0.4, -0.2) is 12.5 Å². The van der Waals surface area contributed by atoms with Crippen LogP contribution in [0.1, 0.15) is 7.43 Å². The van der Waals surface area contributed by atoms with Gasteiger partial charge in [-0.15, -0.1) is 0 Å². The molecule has 0 saturated carbocycles. The first-order valence-electron chi connectivity index (χ1n) is 1.09. The zero-order valence-corrected chi connectivity index (χ0v) is 2.62. The van der Waals surface area contributed by atoms with E-state index in [1.54, 1.807) is 0 Å². The fraction of sp³-hybridized carbons (Fsp3) is 0.667. The van der Waals surface area contributed by atoms with Gasteiger partial charge in [-0.3, -0.25) is 4.79 Å². The number of rotatable bonds is 0. The first-order chi connectivity index (χ1) is 2.56. The summed E-state index contributed by atoms with van der Waals surface area (Å²) in [6, 6.07) is 0. The van der Waals surface area contributed by atoms with Crippen LogP contribution in [0.25, 0.3) is 0 Å². The van der Waals surface area contributed by atoms with E-state index in [4.69, 9.17) is 4.79 Å². The highest BCUT2D eigenvalue weighted by atomic mass is 19.4. The van der Waals surface area contributed by atoms with Crippen LogP contribution >= 0.6 is 0 Å². The van der Waals surface area contributed by atoms with Gasteiger partial charge in [-0.25, -0.2) is 0 Å². The summed E-state index contributed by atoms with van der Waals surface area (Å²) in [5.41, 5.74) is 0. The summed E-state index contributed by atoms with van der Waals surface area (Å²) < 4.78 is 31.2. The molecule has 0 amide bonds. The molecule has 0 fully saturated rings. The molecule has 0 aromatic rings. The Bertz CT molecular complexity index is 55.7. The number of carbonyl (C=O) groups excluding carboxylic acids is 1. The van der Waals surface area contributed by atoms with Gasteiger partial charge in [0.05, 0.1) is 0 Å². The Morgan fingerprint density at radius 1 is 1.29 bits per heavy atom. The van der Waals surface area contributed by atoms with Crippen molar-refractivity contribution in [3.8, 4) is 0 Å². The first-order valence-corrected chi connectivity index (χ1v) is 1.09. The normalized spacial score (nSPS) is 9.57. The molecule has 0 radical (unpaired) electrons. The molecule has 0 aromatic carbocycles. The van der Waals surface area contributed by atoms with Crippen molar-refractivity contribution in [2.24, 2.45) is 0 Å². The second-order valence-electron chi connectivity index (χ2n) is 0.659. The van der Waals surface area contributed by atoms with Crippen molar-refractivity contribution in [3.63, 3.8) is 0 Å². The molecule has 7 heavy (non-hydrogen) atoms. The van der Waals surface area contributed by atoms with Crippen molar-refractivity contribution in [3.05, 3.63) is 0 Å². The van der Waals surface area contributed by atoms with Crippen LogP contribution < -0.4 is 0 Å². The second kappa shape index (κ2) is 2.60. The SMILES string of the molecule is C.O=CC(F)(F)F. The van der Waals surface area contributed by atoms with E-state index in [-0.39, 0.29) is 7.43 Å². The first kappa shape index (κ1) is 9.68. The van der Waals surface area contributed by atoms with E-state index in [1.807, 2.05) is 0 Å². The summed E-state index contributed by atoms with van der Waals surface area (Å²) in [7, 11) is 0. The summed E-state index contributed by atoms with van der Waals surface area (Å²) >= 11 is 0. The Balaban J connectivity index is 0. The van der Waals surface area contributed by atoms with Crippen molar-refractivity contribution < 1.29 is 18.0 Å². The highest BCUT2D eigenvalue weighted by molar-refractivity contribution is 5.56. The molecular formula is C3H5F3O. The van der Waals surface area contributed by atoms with Crippen LogP contribution in [-0.2, 0) is 4.79 Å². The number of hydrogen-bond acceptors (Lipinski definition) is 1. The molecule has 0 saturated heterocycles. The van der Waals surface area contributed by atoms with Gasteiger partial charge in [0, 0.05) is 0 Å². The van der Waals surface area contributed by atoms with Gasteiger partial charge in [0.25, 0.3) is 0 Å². The monoisotopic (exact) mass is 114 g/mol. The molecule has 0 rings (SSSR count). The van der Waals surface area contributed by atoms with Crippen molar-refractivity contribution in [2.75, 3.05) is 0 Å². The van der Waals surface area contributed by atoms with Crippen LogP contribution in [0, 0.1) is 0 Å². The summed E-state index contributed by atoms with van der Waals surface area (Å²) in [4.78, 5) is 8.70. The van der Waals surface area contributed by atoms with Crippen molar-refractivity contribution >= 4 is 6.29 Å². The average molecular weight is 114 g/mol. The zero-order valence-electron chi connectivity index (χ0n) is 2.62. The van der Waals surface area contributed by atoms with E-state index in [0.29, 0.717) is 0 Å². The fourth-order valence-electron chi connectivity index (χ4n) is 0. The Kier molecular flexibility index (Phi) is 3.60. The molecule has 1 nitrogen and oxygen atoms in total. The second-order valence-corrected chi connectivity index (χ2v) is 0.659. The lowest BCUT2D eigenvalue weighted by atomic mass is 10.8. The highest BCUT2D eigenvalue weighted by Gasteiger charge is 2.24. The molecule has 0 N–H and O–H groups in total. The molecule has 44 valence electrons. The number of alkyl halides is 3. The van der Waals surface area contributed by atoms with Crippen molar-refractivity contribution in [1.29, 1.82) is 0 Å². The Hall–Kier alpha value is -0.540. The maximum absolute atomic E-state index is 10.4. The number of carbonyl (C=O) groups is 1. The molecule has 0 spiro atoms. The zero-order chi connectivity index (χ0) is 5.21. The number of hydrogen-bond donors (Lipinski definition) is 0. The van der Waals surface area contributed by atoms with Crippen LogP contribution in [0.5, 0.6) is 0 Å². The quantitative estimate of drug-likeness (QED) is 0.435. The Morgan fingerprint density at radius 2 is 1.43 bits per heavy atom. The van der Waals surface area contributed by atoms with Gasteiger partial charge in [-0.2, -0.15) is 13.2 Å². The van der Waals surface area contributed by atoms with Gasteiger partial charge in [0.15, 0.2) is 0 Å². The molecule has 4 heteroatoms. The lowest BCUT2D eigenvalue weighted by molar-refractivity contribution is -0.156. The minimum absolute atomic E-state index is 0. The number of aldehydes is 1. The van der Waals surface area contributed by atoms with Crippen molar-refractivity contribution in [2.45, 2.75) is 13.6 Å². The maximum atomic E-state index is 10.4. The Morgan fingerprint density at radius 3 is 1.43 bits per heavy atom. The summed E-state index contributed by atoms with van der Waals surface area (Å²) in [5, 5.41) is 0. The third kappa shape index (κ3) is 10.8. The highest BCUT2D eigenvalue weighted by Crippen LogP contribution is 2.08. The average Bonchev–Trinajstić information content (AvgIpc) is 1.35. The fourth-order valence-corrected chi connectivity index (χ4v) is 0. The van der Waals surface area contributed by atoms with Crippen molar-refractivity contribution in [1.82, 2.24) is 0 Å². The summed E-state index contributed by atoms with van der Waals surface area (Å²) in [6.45, 7) is 0. The van der Waals surface area contributed by atoms with Gasteiger partial charge < -0.3 is 0 Å². The minimum atomic E-state index is -4.64. The van der Waals surface area contributed by atoms with E-state index < -0.39 is 12.5 Å². The van der Waals surface area contributed by atoms with Crippen LogP contribution in [0.2, 0.25) is 0 Å². The van der Waals surface area contributed by atoms with E-state index in [0.717, 1.165) is 0 Å². The standard InChI is InChI=1S/C2HF3O.CH4/c3-2(4,5)1-6;/h1H;1H4. The van der Waals surface area contributed by atoms with E-state index in [1.165, 1.54) is 0 Å². The molecule has 0 atom stereocenters. The molecule has 0 aliphatic rings. The van der Waals surface area contributed by atoms with Gasteiger partial charge in [0.2, 0.25) is 6.29 Å². The molecule has 0 aromatic heterocycles. The van der Waals surface area contributed by atoms with Crippen LogP contribution in [0.4, 0.5) is 13.2 Å². The molecule has 0 heterocycles. The largest absolute Gasteiger partial charge is 0.446 e.